The Morgan fingerprint density at radius 1 is 1.14 bits per heavy atom. The topological polar surface area (TPSA) is 164 Å². The lowest BCUT2D eigenvalue weighted by molar-refractivity contribution is 0.589. The Hall–Kier alpha value is -4.02. The number of aliphatic imine (C=N–C) groups is 1. The minimum absolute atomic E-state index is 0.0299. The molecule has 4 rings (SSSR count). The number of pyridine rings is 1. The van der Waals surface area contributed by atoms with E-state index in [1.165, 1.54) is 0 Å². The smallest absolute Gasteiger partial charge is 0.211 e. The van der Waals surface area contributed by atoms with Crippen molar-refractivity contribution in [3.63, 3.8) is 0 Å². The van der Waals surface area contributed by atoms with E-state index in [1.54, 1.807) is 0 Å². The van der Waals surface area contributed by atoms with Gasteiger partial charge in [-0.05, 0) is 17.7 Å². The van der Waals surface area contributed by atoms with Crippen molar-refractivity contribution >= 4 is 29.0 Å². The Bertz CT molecular complexity index is 1040. The molecule has 1 unspecified atom stereocenters. The van der Waals surface area contributed by atoms with Crippen LogP contribution in [-0.4, -0.2) is 37.1 Å². The van der Waals surface area contributed by atoms with E-state index < -0.39 is 6.04 Å². The summed E-state index contributed by atoms with van der Waals surface area (Å²) in [6, 6.07) is 9.52. The monoisotopic (exact) mass is 388 g/mol. The molecule has 0 aliphatic carbocycles. The van der Waals surface area contributed by atoms with Crippen molar-refractivity contribution < 1.29 is 0 Å². The second-order valence-electron chi connectivity index (χ2n) is 6.73. The molecule has 2 aliphatic rings. The summed E-state index contributed by atoms with van der Waals surface area (Å²) < 4.78 is 0. The predicted molar refractivity (Wildman–Crippen MR) is 111 cm³/mol. The molecule has 1 aromatic heterocycles. The van der Waals surface area contributed by atoms with E-state index in [-0.39, 0.29) is 23.0 Å². The molecule has 1 fully saturated rings. The first-order valence-electron chi connectivity index (χ1n) is 9.17. The second-order valence-corrected chi connectivity index (χ2v) is 6.73. The Morgan fingerprint density at radius 3 is 2.52 bits per heavy atom. The maximum Gasteiger partial charge on any atom is 0.211 e. The molecule has 3 heterocycles. The number of hydrogen-bond donors (Lipinski definition) is 5. The van der Waals surface area contributed by atoms with Crippen molar-refractivity contribution in [1.29, 1.82) is 10.5 Å². The van der Waals surface area contributed by atoms with Gasteiger partial charge in [0, 0.05) is 37.4 Å². The first-order chi connectivity index (χ1) is 14.1. The third-order valence-electron chi connectivity index (χ3n) is 5.05. The van der Waals surface area contributed by atoms with Crippen LogP contribution in [0.2, 0.25) is 0 Å². The largest absolute Gasteiger partial charge is 0.397 e. The first-order valence-corrected chi connectivity index (χ1v) is 9.17. The number of fused-ring (bicyclic) bond motifs is 1. The Morgan fingerprint density at radius 2 is 1.86 bits per heavy atom. The number of aromatic nitrogens is 1. The van der Waals surface area contributed by atoms with E-state index in [0.717, 1.165) is 37.4 Å². The zero-order chi connectivity index (χ0) is 20.4. The number of nitriles is 2. The van der Waals surface area contributed by atoms with Crippen LogP contribution >= 0.6 is 0 Å². The van der Waals surface area contributed by atoms with Crippen LogP contribution in [0.25, 0.3) is 0 Å². The van der Waals surface area contributed by atoms with Crippen molar-refractivity contribution in [2.75, 3.05) is 47.9 Å². The van der Waals surface area contributed by atoms with Gasteiger partial charge < -0.3 is 27.0 Å². The van der Waals surface area contributed by atoms with E-state index in [0.29, 0.717) is 11.4 Å². The molecule has 0 radical (unpaired) electrons. The highest BCUT2D eigenvalue weighted by atomic mass is 15.2. The molecule has 1 saturated heterocycles. The van der Waals surface area contributed by atoms with Crippen molar-refractivity contribution in [2.24, 2.45) is 4.99 Å². The number of piperazine rings is 1. The molecule has 0 bridgehead atoms. The molecular weight excluding hydrogens is 368 g/mol. The molecule has 0 saturated carbocycles. The molecule has 7 N–H and O–H groups in total. The van der Waals surface area contributed by atoms with Gasteiger partial charge in [0.05, 0.1) is 5.69 Å². The van der Waals surface area contributed by atoms with Gasteiger partial charge in [-0.2, -0.15) is 10.5 Å². The third-order valence-corrected chi connectivity index (χ3v) is 5.05. The zero-order valence-corrected chi connectivity index (χ0v) is 15.6. The molecule has 10 nitrogen and oxygen atoms in total. The van der Waals surface area contributed by atoms with E-state index in [2.05, 4.69) is 30.8 Å². The van der Waals surface area contributed by atoms with Crippen LogP contribution in [0.1, 0.15) is 22.7 Å². The fourth-order valence-electron chi connectivity index (χ4n) is 3.61. The Balaban J connectivity index is 1.76. The molecule has 1 aromatic carbocycles. The zero-order valence-electron chi connectivity index (χ0n) is 15.6. The fraction of sp³-hybridized carbons (Fsp3) is 0.263. The summed E-state index contributed by atoms with van der Waals surface area (Å²) >= 11 is 0. The number of nitrogen functional groups attached to an aromatic ring is 2. The molecule has 2 aliphatic heterocycles. The highest BCUT2D eigenvalue weighted by Crippen LogP contribution is 2.40. The lowest BCUT2D eigenvalue weighted by Crippen LogP contribution is -2.43. The maximum atomic E-state index is 9.40. The van der Waals surface area contributed by atoms with Crippen molar-refractivity contribution in [1.82, 2.24) is 15.6 Å². The van der Waals surface area contributed by atoms with Gasteiger partial charge in [0.2, 0.25) is 5.96 Å². The SMILES string of the molecule is N#CNC1=NC(c2ccc(N3CCNCC3)cc2)c2c(nc(N)c(C#N)c2N)N1. The van der Waals surface area contributed by atoms with Gasteiger partial charge in [-0.25, -0.2) is 9.98 Å². The van der Waals surface area contributed by atoms with E-state index in [1.807, 2.05) is 36.5 Å². The molecule has 2 aromatic rings. The van der Waals surface area contributed by atoms with E-state index in [4.69, 9.17) is 16.7 Å². The average molecular weight is 388 g/mol. The van der Waals surface area contributed by atoms with Gasteiger partial charge >= 0.3 is 0 Å². The van der Waals surface area contributed by atoms with Gasteiger partial charge in [0.15, 0.2) is 6.19 Å². The van der Waals surface area contributed by atoms with Gasteiger partial charge in [-0.15, -0.1) is 0 Å². The maximum absolute atomic E-state index is 9.40. The number of nitrogens with zero attached hydrogens (tertiary/aromatic N) is 5. The number of benzene rings is 1. The molecule has 10 heteroatoms. The predicted octanol–water partition coefficient (Wildman–Crippen LogP) is 0.469. The van der Waals surface area contributed by atoms with Gasteiger partial charge in [0.25, 0.3) is 0 Å². The summed E-state index contributed by atoms with van der Waals surface area (Å²) in [6.45, 7) is 3.81. The number of nitrogens with two attached hydrogens (primary N) is 2. The number of nitrogens with one attached hydrogen (secondary N) is 3. The summed E-state index contributed by atoms with van der Waals surface area (Å²) in [5.74, 6) is 0.650. The molecule has 0 spiro atoms. The summed E-state index contributed by atoms with van der Waals surface area (Å²) in [5.41, 5.74) is 15.0. The minimum atomic E-state index is -0.528. The average Bonchev–Trinajstić information content (AvgIpc) is 2.74. The Kier molecular flexibility index (Phi) is 4.77. The van der Waals surface area contributed by atoms with E-state index in [9.17, 15) is 5.26 Å². The minimum Gasteiger partial charge on any atom is -0.397 e. The Labute approximate surface area is 167 Å². The fourth-order valence-corrected chi connectivity index (χ4v) is 3.61. The van der Waals surface area contributed by atoms with Crippen LogP contribution in [0.3, 0.4) is 0 Å². The summed E-state index contributed by atoms with van der Waals surface area (Å²) in [7, 11) is 0. The van der Waals surface area contributed by atoms with Crippen LogP contribution < -0.4 is 32.3 Å². The molecule has 0 amide bonds. The van der Waals surface area contributed by atoms with Gasteiger partial charge in [-0.1, -0.05) is 12.1 Å². The van der Waals surface area contributed by atoms with Gasteiger partial charge in [0.1, 0.15) is 29.3 Å². The molecule has 1 atom stereocenters. The summed E-state index contributed by atoms with van der Waals surface area (Å²) in [6.07, 6.45) is 1.85. The summed E-state index contributed by atoms with van der Waals surface area (Å²) in [4.78, 5) is 11.1. The molecule has 29 heavy (non-hydrogen) atoms. The quantitative estimate of drug-likeness (QED) is 0.363. The number of hydrogen-bond acceptors (Lipinski definition) is 10. The van der Waals surface area contributed by atoms with E-state index >= 15 is 0 Å². The lowest BCUT2D eigenvalue weighted by Gasteiger charge is -2.30. The highest BCUT2D eigenvalue weighted by Gasteiger charge is 2.29. The van der Waals surface area contributed by atoms with Crippen LogP contribution in [0.5, 0.6) is 0 Å². The normalized spacial score (nSPS) is 17.9. The highest BCUT2D eigenvalue weighted by molar-refractivity contribution is 5.98. The number of anilines is 4. The van der Waals surface area contributed by atoms with Crippen LogP contribution in [0, 0.1) is 22.8 Å². The first kappa shape index (κ1) is 18.3. The summed E-state index contributed by atoms with van der Waals surface area (Å²) in [5, 5.41) is 27.1. The van der Waals surface area contributed by atoms with Crippen LogP contribution in [0.15, 0.2) is 29.3 Å². The second kappa shape index (κ2) is 7.54. The standard InChI is InChI=1S/C19H20N10/c20-9-13-15(22)14-16(26-19(25-10-21)28-18(14)27-17(13)23)11-1-3-12(4-2-11)29-7-5-24-6-8-29/h1-4,16,24H,5-8H2,(H6,22,23,25,26,27,28). The van der Waals surface area contributed by atoms with Crippen molar-refractivity contribution in [3.05, 3.63) is 41.0 Å². The number of guanidine groups is 1. The van der Waals surface area contributed by atoms with Crippen molar-refractivity contribution in [3.8, 4) is 12.3 Å². The molecule has 146 valence electrons. The lowest BCUT2D eigenvalue weighted by atomic mass is 9.95. The van der Waals surface area contributed by atoms with Crippen molar-refractivity contribution in [2.45, 2.75) is 6.04 Å². The molecular formula is C19H20N10. The number of rotatable bonds is 2. The van der Waals surface area contributed by atoms with Crippen LogP contribution in [-0.2, 0) is 0 Å². The van der Waals surface area contributed by atoms with Gasteiger partial charge in [-0.3, -0.25) is 5.32 Å². The van der Waals surface area contributed by atoms with Crippen LogP contribution in [0.4, 0.5) is 23.0 Å². The third kappa shape index (κ3) is 3.33.